The number of rotatable bonds is 4. The summed E-state index contributed by atoms with van der Waals surface area (Å²) in [5.74, 6) is 2.23. The molecule has 1 saturated heterocycles. The Morgan fingerprint density at radius 3 is 2.67 bits per heavy atom. The van der Waals surface area contributed by atoms with E-state index in [1.54, 1.807) is 11.8 Å². The summed E-state index contributed by atoms with van der Waals surface area (Å²) in [6.07, 6.45) is 0. The third-order valence-corrected chi connectivity index (χ3v) is 3.86. The number of morpholine rings is 1. The van der Waals surface area contributed by atoms with Crippen molar-refractivity contribution in [1.29, 1.82) is 0 Å². The number of hydrogen-bond acceptors (Lipinski definition) is 6. The second-order valence-corrected chi connectivity index (χ2v) is 5.82. The molecule has 100 valence electrons. The van der Waals surface area contributed by atoms with E-state index in [1.165, 1.54) is 0 Å². The lowest BCUT2D eigenvalue weighted by Crippen LogP contribution is -2.37. The predicted octanol–water partition coefficient (Wildman–Crippen LogP) is 2.11. The highest BCUT2D eigenvalue weighted by molar-refractivity contribution is 7.99. The average Bonchev–Trinajstić information content (AvgIpc) is 2.37. The van der Waals surface area contributed by atoms with Crippen LogP contribution in [-0.2, 0) is 4.74 Å². The minimum atomic E-state index is 0.262. The molecule has 2 rings (SSSR count). The van der Waals surface area contributed by atoms with Crippen LogP contribution in [-0.4, -0.2) is 47.0 Å². The molecule has 0 saturated carbocycles. The van der Waals surface area contributed by atoms with Crippen LogP contribution in [0, 0.1) is 5.92 Å². The molecule has 0 spiro atoms. The van der Waals surface area contributed by atoms with Gasteiger partial charge in [-0.1, -0.05) is 25.6 Å². The Bertz CT molecular complexity index is 399. The normalized spacial score (nSPS) is 16.3. The SMILES string of the molecule is CC(C)CSc1nc(Cl)nc(N2CCOCC2)n1. The Morgan fingerprint density at radius 1 is 1.28 bits per heavy atom. The molecule has 1 aromatic heterocycles. The van der Waals surface area contributed by atoms with Gasteiger partial charge in [-0.05, 0) is 17.5 Å². The second kappa shape index (κ2) is 6.54. The van der Waals surface area contributed by atoms with Crippen molar-refractivity contribution in [2.24, 2.45) is 5.92 Å². The highest BCUT2D eigenvalue weighted by Gasteiger charge is 2.16. The van der Waals surface area contributed by atoms with Crippen molar-refractivity contribution in [3.8, 4) is 0 Å². The zero-order valence-corrected chi connectivity index (χ0v) is 12.2. The molecule has 0 radical (unpaired) electrons. The number of hydrogen-bond donors (Lipinski definition) is 0. The van der Waals surface area contributed by atoms with Crippen LogP contribution in [0.5, 0.6) is 0 Å². The number of anilines is 1. The average molecular weight is 289 g/mol. The van der Waals surface area contributed by atoms with Crippen LogP contribution in [0.25, 0.3) is 0 Å². The van der Waals surface area contributed by atoms with E-state index < -0.39 is 0 Å². The number of halogens is 1. The molecule has 0 atom stereocenters. The van der Waals surface area contributed by atoms with Crippen molar-refractivity contribution in [2.75, 3.05) is 37.0 Å². The van der Waals surface area contributed by atoms with Crippen LogP contribution in [0.2, 0.25) is 5.28 Å². The maximum atomic E-state index is 5.95. The van der Waals surface area contributed by atoms with E-state index >= 15 is 0 Å². The molecule has 0 amide bonds. The van der Waals surface area contributed by atoms with Gasteiger partial charge in [0.05, 0.1) is 13.2 Å². The highest BCUT2D eigenvalue weighted by atomic mass is 35.5. The molecular formula is C11H17ClN4OS. The van der Waals surface area contributed by atoms with Crippen molar-refractivity contribution >= 4 is 29.3 Å². The fourth-order valence-electron chi connectivity index (χ4n) is 1.53. The number of nitrogens with zero attached hydrogens (tertiary/aromatic N) is 4. The zero-order valence-electron chi connectivity index (χ0n) is 10.6. The summed E-state index contributed by atoms with van der Waals surface area (Å²) in [6.45, 7) is 7.34. The largest absolute Gasteiger partial charge is 0.378 e. The summed E-state index contributed by atoms with van der Waals surface area (Å²) in [7, 11) is 0. The molecule has 2 heterocycles. The van der Waals surface area contributed by atoms with E-state index in [4.69, 9.17) is 16.3 Å². The van der Waals surface area contributed by atoms with Crippen LogP contribution in [0.15, 0.2) is 5.16 Å². The Hall–Kier alpha value is -0.590. The Kier molecular flexibility index (Phi) is 5.03. The van der Waals surface area contributed by atoms with Crippen LogP contribution < -0.4 is 4.90 Å². The van der Waals surface area contributed by atoms with E-state index in [1.807, 2.05) is 0 Å². The minimum absolute atomic E-state index is 0.262. The van der Waals surface area contributed by atoms with Gasteiger partial charge < -0.3 is 9.64 Å². The van der Waals surface area contributed by atoms with E-state index in [2.05, 4.69) is 33.7 Å². The van der Waals surface area contributed by atoms with Gasteiger partial charge in [-0.3, -0.25) is 0 Å². The van der Waals surface area contributed by atoms with Gasteiger partial charge in [0, 0.05) is 18.8 Å². The number of thioether (sulfide) groups is 1. The fraction of sp³-hybridized carbons (Fsp3) is 0.727. The standard InChI is InChI=1S/C11H17ClN4OS/c1-8(2)7-18-11-14-9(12)13-10(15-11)16-3-5-17-6-4-16/h8H,3-7H2,1-2H3. The lowest BCUT2D eigenvalue weighted by atomic mass is 10.3. The van der Waals surface area contributed by atoms with Gasteiger partial charge >= 0.3 is 0 Å². The van der Waals surface area contributed by atoms with Crippen molar-refractivity contribution in [1.82, 2.24) is 15.0 Å². The summed E-state index contributed by atoms with van der Waals surface area (Å²) in [5.41, 5.74) is 0. The third-order valence-electron chi connectivity index (χ3n) is 2.42. The molecule has 1 aromatic rings. The van der Waals surface area contributed by atoms with Crippen LogP contribution in [0.1, 0.15) is 13.8 Å². The Labute approximate surface area is 116 Å². The molecule has 1 fully saturated rings. The van der Waals surface area contributed by atoms with Gasteiger partial charge in [-0.2, -0.15) is 15.0 Å². The summed E-state index contributed by atoms with van der Waals surface area (Å²) in [4.78, 5) is 14.9. The Morgan fingerprint density at radius 2 is 2.00 bits per heavy atom. The highest BCUT2D eigenvalue weighted by Crippen LogP contribution is 2.21. The van der Waals surface area contributed by atoms with E-state index in [9.17, 15) is 0 Å². The molecule has 18 heavy (non-hydrogen) atoms. The molecule has 0 aromatic carbocycles. The predicted molar refractivity (Wildman–Crippen MR) is 73.4 cm³/mol. The molecule has 1 aliphatic rings. The first-order valence-corrected chi connectivity index (χ1v) is 7.38. The first kappa shape index (κ1) is 13.8. The molecule has 7 heteroatoms. The first-order valence-electron chi connectivity index (χ1n) is 6.02. The van der Waals surface area contributed by atoms with Crippen molar-refractivity contribution in [3.63, 3.8) is 0 Å². The van der Waals surface area contributed by atoms with Crippen LogP contribution >= 0.6 is 23.4 Å². The maximum absolute atomic E-state index is 5.95. The van der Waals surface area contributed by atoms with E-state index in [0.717, 1.165) is 18.8 Å². The molecule has 0 bridgehead atoms. The molecular weight excluding hydrogens is 272 g/mol. The van der Waals surface area contributed by atoms with Crippen molar-refractivity contribution in [2.45, 2.75) is 19.0 Å². The summed E-state index contributed by atoms with van der Waals surface area (Å²) < 4.78 is 5.31. The van der Waals surface area contributed by atoms with Gasteiger partial charge in [-0.25, -0.2) is 0 Å². The topological polar surface area (TPSA) is 51.1 Å². The van der Waals surface area contributed by atoms with E-state index in [0.29, 0.717) is 30.2 Å². The minimum Gasteiger partial charge on any atom is -0.378 e. The summed E-state index contributed by atoms with van der Waals surface area (Å²) >= 11 is 7.57. The molecule has 0 N–H and O–H groups in total. The summed E-state index contributed by atoms with van der Waals surface area (Å²) in [5, 5.41) is 0.961. The fourth-order valence-corrected chi connectivity index (χ4v) is 2.52. The van der Waals surface area contributed by atoms with Crippen LogP contribution in [0.4, 0.5) is 5.95 Å². The monoisotopic (exact) mass is 288 g/mol. The van der Waals surface area contributed by atoms with Gasteiger partial charge in [-0.15, -0.1) is 0 Å². The summed E-state index contributed by atoms with van der Waals surface area (Å²) in [6, 6.07) is 0. The maximum Gasteiger partial charge on any atom is 0.230 e. The van der Waals surface area contributed by atoms with Crippen molar-refractivity contribution < 1.29 is 4.74 Å². The molecule has 0 aliphatic carbocycles. The van der Waals surface area contributed by atoms with Gasteiger partial charge in [0.25, 0.3) is 0 Å². The first-order chi connectivity index (χ1) is 8.65. The molecule has 5 nitrogen and oxygen atoms in total. The lowest BCUT2D eigenvalue weighted by molar-refractivity contribution is 0.122. The third kappa shape index (κ3) is 3.96. The number of aromatic nitrogens is 3. The zero-order chi connectivity index (χ0) is 13.0. The quantitative estimate of drug-likeness (QED) is 0.791. The number of ether oxygens (including phenoxy) is 1. The van der Waals surface area contributed by atoms with Crippen molar-refractivity contribution in [3.05, 3.63) is 5.28 Å². The lowest BCUT2D eigenvalue weighted by Gasteiger charge is -2.26. The Balaban J connectivity index is 2.09. The smallest absolute Gasteiger partial charge is 0.230 e. The molecule has 1 aliphatic heterocycles. The van der Waals surface area contributed by atoms with Gasteiger partial charge in [0.15, 0.2) is 5.16 Å². The molecule has 0 unspecified atom stereocenters. The van der Waals surface area contributed by atoms with E-state index in [-0.39, 0.29) is 5.28 Å². The van der Waals surface area contributed by atoms with Crippen LogP contribution in [0.3, 0.4) is 0 Å². The van der Waals surface area contributed by atoms with Gasteiger partial charge in [0.1, 0.15) is 0 Å². The van der Waals surface area contributed by atoms with Gasteiger partial charge in [0.2, 0.25) is 11.2 Å². The second-order valence-electron chi connectivity index (χ2n) is 4.49.